The van der Waals surface area contributed by atoms with Crippen LogP contribution in [0.1, 0.15) is 12.5 Å². The zero-order valence-electron chi connectivity index (χ0n) is 13.9. The van der Waals surface area contributed by atoms with Gasteiger partial charge in [0, 0.05) is 6.54 Å². The Balaban J connectivity index is 1.84. The van der Waals surface area contributed by atoms with Crippen LogP contribution in [0.25, 0.3) is 0 Å². The molecular formula is C19H21N3O2. The van der Waals surface area contributed by atoms with Gasteiger partial charge in [-0.25, -0.2) is 0 Å². The molecule has 0 aliphatic heterocycles. The molecule has 0 fully saturated rings. The third-order valence-corrected chi connectivity index (χ3v) is 3.80. The number of nitriles is 1. The Morgan fingerprint density at radius 1 is 1.21 bits per heavy atom. The molecule has 0 aliphatic rings. The van der Waals surface area contributed by atoms with Crippen molar-refractivity contribution in [2.75, 3.05) is 25.5 Å². The van der Waals surface area contributed by atoms with E-state index < -0.39 is 0 Å². The average Bonchev–Trinajstić information content (AvgIpc) is 2.62. The van der Waals surface area contributed by atoms with Crippen LogP contribution in [0.4, 0.5) is 5.69 Å². The second-order valence-electron chi connectivity index (χ2n) is 5.46. The summed E-state index contributed by atoms with van der Waals surface area (Å²) in [6, 6.07) is 18.3. The summed E-state index contributed by atoms with van der Waals surface area (Å²) in [6.07, 6.45) is 0. The third kappa shape index (κ3) is 4.83. The molecule has 5 nitrogen and oxygen atoms in total. The highest BCUT2D eigenvalue weighted by atomic mass is 16.5. The summed E-state index contributed by atoms with van der Waals surface area (Å²) in [6.45, 7) is 2.93. The highest BCUT2D eigenvalue weighted by Gasteiger charge is 2.18. The van der Waals surface area contributed by atoms with Gasteiger partial charge in [0.2, 0.25) is 5.91 Å². The van der Waals surface area contributed by atoms with Gasteiger partial charge in [-0.15, -0.1) is 0 Å². The number of hydrogen-bond donors (Lipinski definition) is 1. The van der Waals surface area contributed by atoms with E-state index in [1.807, 2.05) is 49.2 Å². The van der Waals surface area contributed by atoms with Gasteiger partial charge in [-0.1, -0.05) is 30.3 Å². The van der Waals surface area contributed by atoms with Crippen molar-refractivity contribution in [2.45, 2.75) is 13.0 Å². The van der Waals surface area contributed by atoms with Gasteiger partial charge in [-0.05, 0) is 38.2 Å². The van der Waals surface area contributed by atoms with Crippen molar-refractivity contribution in [3.63, 3.8) is 0 Å². The molecule has 0 bridgehead atoms. The van der Waals surface area contributed by atoms with E-state index >= 15 is 0 Å². The van der Waals surface area contributed by atoms with E-state index in [-0.39, 0.29) is 11.9 Å². The number of hydrogen-bond acceptors (Lipinski definition) is 4. The number of ether oxygens (including phenoxy) is 1. The van der Waals surface area contributed by atoms with Crippen LogP contribution < -0.4 is 10.1 Å². The number of rotatable bonds is 7. The normalized spacial score (nSPS) is 11.6. The summed E-state index contributed by atoms with van der Waals surface area (Å²) in [4.78, 5) is 14.3. The molecule has 0 heterocycles. The molecule has 0 saturated heterocycles. The first kappa shape index (κ1) is 17.5. The minimum Gasteiger partial charge on any atom is -0.492 e. The largest absolute Gasteiger partial charge is 0.492 e. The van der Waals surface area contributed by atoms with Crippen LogP contribution >= 0.6 is 0 Å². The Morgan fingerprint density at radius 3 is 2.58 bits per heavy atom. The van der Waals surface area contributed by atoms with Crippen molar-refractivity contribution in [1.82, 2.24) is 4.90 Å². The molecule has 0 unspecified atom stereocenters. The van der Waals surface area contributed by atoms with Gasteiger partial charge in [0.15, 0.2) is 0 Å². The molecule has 0 radical (unpaired) electrons. The molecule has 0 saturated carbocycles. The lowest BCUT2D eigenvalue weighted by Crippen LogP contribution is -2.41. The van der Waals surface area contributed by atoms with Gasteiger partial charge in [-0.3, -0.25) is 9.69 Å². The van der Waals surface area contributed by atoms with Crippen LogP contribution in [0.5, 0.6) is 5.75 Å². The Labute approximate surface area is 142 Å². The van der Waals surface area contributed by atoms with E-state index in [0.717, 1.165) is 5.75 Å². The average molecular weight is 323 g/mol. The van der Waals surface area contributed by atoms with E-state index in [1.165, 1.54) is 0 Å². The summed E-state index contributed by atoms with van der Waals surface area (Å²) >= 11 is 0. The van der Waals surface area contributed by atoms with Crippen molar-refractivity contribution in [2.24, 2.45) is 0 Å². The highest BCUT2D eigenvalue weighted by molar-refractivity contribution is 5.95. The molecule has 1 atom stereocenters. The van der Waals surface area contributed by atoms with E-state index in [0.29, 0.717) is 24.4 Å². The van der Waals surface area contributed by atoms with Gasteiger partial charge < -0.3 is 10.1 Å². The Hall–Kier alpha value is -2.84. The molecule has 0 aromatic heterocycles. The van der Waals surface area contributed by atoms with E-state index in [1.54, 1.807) is 24.3 Å². The van der Waals surface area contributed by atoms with Crippen LogP contribution in [-0.2, 0) is 4.79 Å². The smallest absolute Gasteiger partial charge is 0.241 e. The molecule has 5 heteroatoms. The van der Waals surface area contributed by atoms with Crippen molar-refractivity contribution in [3.8, 4) is 11.8 Å². The maximum Gasteiger partial charge on any atom is 0.241 e. The van der Waals surface area contributed by atoms with Crippen LogP contribution in [0.3, 0.4) is 0 Å². The van der Waals surface area contributed by atoms with Crippen LogP contribution in [0.15, 0.2) is 54.6 Å². The second-order valence-corrected chi connectivity index (χ2v) is 5.46. The van der Waals surface area contributed by atoms with E-state index in [4.69, 9.17) is 10.00 Å². The molecule has 1 amide bonds. The maximum atomic E-state index is 12.4. The van der Waals surface area contributed by atoms with Crippen molar-refractivity contribution >= 4 is 11.6 Å². The van der Waals surface area contributed by atoms with Crippen LogP contribution in [0.2, 0.25) is 0 Å². The van der Waals surface area contributed by atoms with E-state index in [9.17, 15) is 4.79 Å². The first-order valence-corrected chi connectivity index (χ1v) is 7.80. The minimum absolute atomic E-state index is 0.153. The number of amides is 1. The van der Waals surface area contributed by atoms with Gasteiger partial charge in [0.05, 0.1) is 17.3 Å². The quantitative estimate of drug-likeness (QED) is 0.851. The summed E-state index contributed by atoms with van der Waals surface area (Å²) in [5.41, 5.74) is 0.985. The number of carbonyl (C=O) groups excluding carboxylic acids is 1. The predicted molar refractivity (Wildman–Crippen MR) is 93.8 cm³/mol. The van der Waals surface area contributed by atoms with Crippen molar-refractivity contribution < 1.29 is 9.53 Å². The fourth-order valence-electron chi connectivity index (χ4n) is 2.14. The Morgan fingerprint density at radius 2 is 1.88 bits per heavy atom. The zero-order valence-corrected chi connectivity index (χ0v) is 13.9. The number of carbonyl (C=O) groups is 1. The summed E-state index contributed by atoms with van der Waals surface area (Å²) in [7, 11) is 1.87. The van der Waals surface area contributed by atoms with Crippen LogP contribution in [0, 0.1) is 11.3 Å². The fraction of sp³-hybridized carbons (Fsp3) is 0.263. The molecule has 1 N–H and O–H groups in total. The minimum atomic E-state index is -0.337. The number of para-hydroxylation sites is 2. The van der Waals surface area contributed by atoms with Crippen molar-refractivity contribution in [1.29, 1.82) is 5.26 Å². The summed E-state index contributed by atoms with van der Waals surface area (Å²) in [5, 5.41) is 11.9. The Bertz CT molecular complexity index is 710. The van der Waals surface area contributed by atoms with Gasteiger partial charge in [0.1, 0.15) is 18.4 Å². The topological polar surface area (TPSA) is 65.4 Å². The lowest BCUT2D eigenvalue weighted by Gasteiger charge is -2.24. The lowest BCUT2D eigenvalue weighted by molar-refractivity contribution is -0.120. The molecule has 24 heavy (non-hydrogen) atoms. The molecular weight excluding hydrogens is 302 g/mol. The highest BCUT2D eigenvalue weighted by Crippen LogP contribution is 2.14. The molecule has 2 aromatic rings. The number of likely N-dealkylation sites (N-methyl/N-ethyl adjacent to an activating group) is 1. The van der Waals surface area contributed by atoms with Gasteiger partial charge in [-0.2, -0.15) is 5.26 Å². The SMILES string of the molecule is C[C@H](C(=O)Nc1ccccc1C#N)N(C)CCOc1ccccc1. The molecule has 0 aliphatic carbocycles. The molecule has 0 spiro atoms. The summed E-state index contributed by atoms with van der Waals surface area (Å²) in [5.74, 6) is 0.658. The summed E-state index contributed by atoms with van der Waals surface area (Å²) < 4.78 is 5.64. The predicted octanol–water partition coefficient (Wildman–Crippen LogP) is 2.90. The first-order chi connectivity index (χ1) is 11.6. The number of benzene rings is 2. The monoisotopic (exact) mass is 323 g/mol. The fourth-order valence-corrected chi connectivity index (χ4v) is 2.14. The standard InChI is InChI=1S/C19H21N3O2/c1-15(19(23)21-18-11-7-6-8-16(18)14-20)22(2)12-13-24-17-9-4-3-5-10-17/h3-11,15H,12-13H2,1-2H3,(H,21,23)/t15-/m1/s1. The number of nitrogens with zero attached hydrogens (tertiary/aromatic N) is 2. The third-order valence-electron chi connectivity index (χ3n) is 3.80. The number of nitrogens with one attached hydrogen (secondary N) is 1. The lowest BCUT2D eigenvalue weighted by atomic mass is 10.2. The van der Waals surface area contributed by atoms with Crippen LogP contribution in [-0.4, -0.2) is 37.0 Å². The Kier molecular flexibility index (Phi) is 6.35. The second kappa shape index (κ2) is 8.70. The maximum absolute atomic E-state index is 12.4. The first-order valence-electron chi connectivity index (χ1n) is 7.80. The molecule has 2 rings (SSSR count). The zero-order chi connectivity index (χ0) is 17.4. The van der Waals surface area contributed by atoms with Gasteiger partial charge >= 0.3 is 0 Å². The molecule has 124 valence electrons. The van der Waals surface area contributed by atoms with E-state index in [2.05, 4.69) is 11.4 Å². The van der Waals surface area contributed by atoms with Gasteiger partial charge in [0.25, 0.3) is 0 Å². The molecule has 2 aromatic carbocycles. The number of anilines is 1. The van der Waals surface area contributed by atoms with Crippen molar-refractivity contribution in [3.05, 3.63) is 60.2 Å².